The smallest absolute Gasteiger partial charge is 0.281 e. The van der Waals surface area contributed by atoms with Crippen LogP contribution >= 0.6 is 0 Å². The molecule has 22 heavy (non-hydrogen) atoms. The molecule has 0 aromatic carbocycles. The fraction of sp³-hybridized carbons (Fsp3) is 0.214. The van der Waals surface area contributed by atoms with Crippen LogP contribution in [-0.4, -0.2) is 29.4 Å². The van der Waals surface area contributed by atoms with Crippen molar-refractivity contribution >= 4 is 16.8 Å². The van der Waals surface area contributed by atoms with Gasteiger partial charge in [-0.25, -0.2) is 0 Å². The lowest BCUT2D eigenvalue weighted by molar-refractivity contribution is 0.490. The van der Waals surface area contributed by atoms with Crippen LogP contribution in [0.15, 0.2) is 39.9 Å². The topological polar surface area (TPSA) is 91.1 Å². The maximum Gasteiger partial charge on any atom is 0.281 e. The summed E-state index contributed by atoms with van der Waals surface area (Å²) in [7, 11) is 0. The molecule has 0 spiro atoms. The molecule has 0 saturated heterocycles. The molecule has 110 valence electrons. The number of aromatic nitrogens is 6. The lowest BCUT2D eigenvalue weighted by Gasteiger charge is -2.05. The highest BCUT2D eigenvalue weighted by atomic mass is 16.3. The molecule has 0 fully saturated rings. The van der Waals surface area contributed by atoms with Crippen LogP contribution in [0.4, 0.5) is 0 Å². The maximum atomic E-state index is 12.5. The fourth-order valence-electron chi connectivity index (χ4n) is 2.33. The first-order chi connectivity index (χ1) is 10.8. The molecular formula is C14H12N6O2. The van der Waals surface area contributed by atoms with Crippen molar-refractivity contribution in [2.24, 2.45) is 0 Å². The highest BCUT2D eigenvalue weighted by Gasteiger charge is 2.12. The second-order valence-electron chi connectivity index (χ2n) is 4.86. The molecule has 4 heterocycles. The molecule has 0 aliphatic carbocycles. The van der Waals surface area contributed by atoms with Gasteiger partial charge in [-0.1, -0.05) is 6.92 Å². The number of hydrogen-bond acceptors (Lipinski definition) is 6. The van der Waals surface area contributed by atoms with Crippen LogP contribution in [0.5, 0.6) is 0 Å². The van der Waals surface area contributed by atoms with Gasteiger partial charge in [-0.3, -0.25) is 4.79 Å². The van der Waals surface area contributed by atoms with Crippen molar-refractivity contribution < 1.29 is 4.42 Å². The van der Waals surface area contributed by atoms with Gasteiger partial charge < -0.3 is 8.98 Å². The van der Waals surface area contributed by atoms with Crippen molar-refractivity contribution in [1.82, 2.24) is 29.4 Å². The van der Waals surface area contributed by atoms with E-state index in [0.29, 0.717) is 35.8 Å². The number of nitrogens with zero attached hydrogens (tertiary/aromatic N) is 6. The van der Waals surface area contributed by atoms with E-state index in [9.17, 15) is 4.79 Å². The Kier molecular flexibility index (Phi) is 2.75. The Morgan fingerprint density at radius 3 is 2.95 bits per heavy atom. The summed E-state index contributed by atoms with van der Waals surface area (Å²) in [5.41, 5.74) is 0.615. The molecule has 8 nitrogen and oxygen atoms in total. The first-order valence-electron chi connectivity index (χ1n) is 6.90. The van der Waals surface area contributed by atoms with E-state index in [0.717, 1.165) is 0 Å². The lowest BCUT2D eigenvalue weighted by Crippen LogP contribution is -2.22. The van der Waals surface area contributed by atoms with Crippen LogP contribution in [-0.2, 0) is 13.0 Å². The molecule has 0 atom stereocenters. The predicted octanol–water partition coefficient (Wildman–Crippen LogP) is 1.04. The van der Waals surface area contributed by atoms with Crippen LogP contribution in [0.25, 0.3) is 16.8 Å². The van der Waals surface area contributed by atoms with Crippen molar-refractivity contribution in [3.63, 3.8) is 0 Å². The summed E-state index contributed by atoms with van der Waals surface area (Å²) >= 11 is 0. The van der Waals surface area contributed by atoms with E-state index in [-0.39, 0.29) is 11.1 Å². The fourth-order valence-corrected chi connectivity index (χ4v) is 2.33. The Balaban J connectivity index is 1.91. The molecule has 0 saturated carbocycles. The molecule has 0 aliphatic rings. The average Bonchev–Trinajstić information content (AvgIpc) is 3.18. The maximum absolute atomic E-state index is 12.5. The SMILES string of the molecule is CCc1nc2nnc3c(=O)n(Cc4ccco4)ccc3n2n1. The van der Waals surface area contributed by atoms with Crippen molar-refractivity contribution in [3.05, 3.63) is 52.6 Å². The Bertz CT molecular complexity index is 1020. The van der Waals surface area contributed by atoms with E-state index in [2.05, 4.69) is 20.3 Å². The Morgan fingerprint density at radius 1 is 1.27 bits per heavy atom. The third kappa shape index (κ3) is 1.88. The zero-order valence-electron chi connectivity index (χ0n) is 11.8. The standard InChI is InChI=1S/C14H12N6O2/c1-2-11-15-14-17-16-12-10(20(14)18-11)5-6-19(13(12)21)8-9-4-3-7-22-9/h3-7H,2,8H2,1H3. The Morgan fingerprint density at radius 2 is 2.18 bits per heavy atom. The van der Waals surface area contributed by atoms with Gasteiger partial charge >= 0.3 is 0 Å². The molecule has 0 bridgehead atoms. The first-order valence-corrected chi connectivity index (χ1v) is 6.90. The van der Waals surface area contributed by atoms with Gasteiger partial charge in [0, 0.05) is 12.6 Å². The molecular weight excluding hydrogens is 284 g/mol. The van der Waals surface area contributed by atoms with Gasteiger partial charge in [-0.2, -0.15) is 9.50 Å². The first kappa shape index (κ1) is 12.7. The highest BCUT2D eigenvalue weighted by molar-refractivity contribution is 5.74. The largest absolute Gasteiger partial charge is 0.467 e. The van der Waals surface area contributed by atoms with E-state index in [1.807, 2.05) is 13.0 Å². The molecule has 4 aromatic rings. The summed E-state index contributed by atoms with van der Waals surface area (Å²) in [4.78, 5) is 16.8. The minimum atomic E-state index is -0.239. The normalized spacial score (nSPS) is 11.5. The summed E-state index contributed by atoms with van der Waals surface area (Å²) in [6, 6.07) is 5.39. The molecule has 4 aromatic heterocycles. The van der Waals surface area contributed by atoms with Gasteiger partial charge in [-0.05, 0) is 18.2 Å². The van der Waals surface area contributed by atoms with Gasteiger partial charge in [0.05, 0.1) is 12.8 Å². The number of aryl methyl sites for hydroxylation is 1. The van der Waals surface area contributed by atoms with Crippen LogP contribution in [0.3, 0.4) is 0 Å². The number of hydrogen-bond donors (Lipinski definition) is 0. The van der Waals surface area contributed by atoms with Crippen molar-refractivity contribution in [1.29, 1.82) is 0 Å². The second kappa shape index (κ2) is 4.76. The zero-order valence-corrected chi connectivity index (χ0v) is 11.8. The van der Waals surface area contributed by atoms with E-state index in [1.54, 1.807) is 29.1 Å². The van der Waals surface area contributed by atoms with Crippen LogP contribution in [0.1, 0.15) is 18.5 Å². The quantitative estimate of drug-likeness (QED) is 0.561. The van der Waals surface area contributed by atoms with Crippen molar-refractivity contribution in [3.8, 4) is 0 Å². The van der Waals surface area contributed by atoms with E-state index >= 15 is 0 Å². The van der Waals surface area contributed by atoms with Crippen molar-refractivity contribution in [2.45, 2.75) is 19.9 Å². The molecule has 0 unspecified atom stereocenters. The Hall–Kier alpha value is -3.03. The second-order valence-corrected chi connectivity index (χ2v) is 4.86. The minimum absolute atomic E-state index is 0.239. The number of pyridine rings is 1. The number of fused-ring (bicyclic) bond motifs is 3. The molecule has 0 radical (unpaired) electrons. The highest BCUT2D eigenvalue weighted by Crippen LogP contribution is 2.09. The van der Waals surface area contributed by atoms with E-state index in [4.69, 9.17) is 4.42 Å². The zero-order chi connectivity index (χ0) is 15.1. The van der Waals surface area contributed by atoms with Gasteiger partial charge in [0.25, 0.3) is 11.3 Å². The number of rotatable bonds is 3. The van der Waals surface area contributed by atoms with Crippen LogP contribution in [0, 0.1) is 0 Å². The third-order valence-corrected chi connectivity index (χ3v) is 3.44. The Labute approximate surface area is 124 Å². The monoisotopic (exact) mass is 296 g/mol. The summed E-state index contributed by atoms with van der Waals surface area (Å²) in [5.74, 6) is 1.76. The summed E-state index contributed by atoms with van der Waals surface area (Å²) in [5, 5.41) is 12.3. The van der Waals surface area contributed by atoms with Crippen molar-refractivity contribution in [2.75, 3.05) is 0 Å². The van der Waals surface area contributed by atoms with Gasteiger partial charge in [0.15, 0.2) is 11.3 Å². The van der Waals surface area contributed by atoms with Gasteiger partial charge in [-0.15, -0.1) is 15.3 Å². The lowest BCUT2D eigenvalue weighted by atomic mass is 10.3. The van der Waals surface area contributed by atoms with Crippen LogP contribution in [0.2, 0.25) is 0 Å². The summed E-state index contributed by atoms with van der Waals surface area (Å²) in [6.07, 6.45) is 3.97. The van der Waals surface area contributed by atoms with E-state index in [1.165, 1.54) is 4.57 Å². The molecule has 0 aliphatic heterocycles. The number of furan rings is 1. The third-order valence-electron chi connectivity index (χ3n) is 3.44. The molecule has 8 heteroatoms. The molecule has 0 N–H and O–H groups in total. The summed E-state index contributed by atoms with van der Waals surface area (Å²) in [6.45, 7) is 2.31. The average molecular weight is 296 g/mol. The molecule has 4 rings (SSSR count). The minimum Gasteiger partial charge on any atom is -0.467 e. The summed E-state index contributed by atoms with van der Waals surface area (Å²) < 4.78 is 8.35. The molecule has 0 amide bonds. The van der Waals surface area contributed by atoms with Crippen LogP contribution < -0.4 is 5.56 Å². The van der Waals surface area contributed by atoms with E-state index < -0.39 is 0 Å². The van der Waals surface area contributed by atoms with Gasteiger partial charge in [0.2, 0.25) is 0 Å². The van der Waals surface area contributed by atoms with Gasteiger partial charge in [0.1, 0.15) is 11.3 Å². The predicted molar refractivity (Wildman–Crippen MR) is 77.5 cm³/mol.